The maximum absolute atomic E-state index is 13.4. The molecule has 1 N–H and O–H groups in total. The predicted octanol–water partition coefficient (Wildman–Crippen LogP) is 2.92. The van der Waals surface area contributed by atoms with Crippen molar-refractivity contribution in [1.82, 2.24) is 5.32 Å². The van der Waals surface area contributed by atoms with E-state index in [2.05, 4.69) is 5.32 Å². The average Bonchev–Trinajstić information content (AvgIpc) is 2.55. The van der Waals surface area contributed by atoms with Gasteiger partial charge in [-0.05, 0) is 31.5 Å². The molecule has 140 valence electrons. The van der Waals surface area contributed by atoms with E-state index in [1.165, 1.54) is 0 Å². The van der Waals surface area contributed by atoms with E-state index >= 15 is 0 Å². The van der Waals surface area contributed by atoms with Crippen LogP contribution in [0.2, 0.25) is 0 Å². The van der Waals surface area contributed by atoms with Gasteiger partial charge in [0.15, 0.2) is 11.6 Å². The summed E-state index contributed by atoms with van der Waals surface area (Å²) in [4.78, 5) is 12.3. The quantitative estimate of drug-likeness (QED) is 0.835. The van der Waals surface area contributed by atoms with Crippen molar-refractivity contribution in [2.45, 2.75) is 19.9 Å². The number of sulfonamides is 1. The average molecular weight is 382 g/mol. The lowest BCUT2D eigenvalue weighted by Crippen LogP contribution is -2.41. The number of nitrogens with zero attached hydrogens (tertiary/aromatic N) is 1. The first-order chi connectivity index (χ1) is 12.1. The van der Waals surface area contributed by atoms with Crippen molar-refractivity contribution in [3.63, 3.8) is 0 Å². The summed E-state index contributed by atoms with van der Waals surface area (Å²) in [6, 6.07) is 9.87. The van der Waals surface area contributed by atoms with Gasteiger partial charge >= 0.3 is 0 Å². The first-order valence-corrected chi connectivity index (χ1v) is 9.71. The van der Waals surface area contributed by atoms with Crippen LogP contribution in [0.5, 0.6) is 0 Å². The second-order valence-electron chi connectivity index (χ2n) is 6.07. The van der Waals surface area contributed by atoms with Gasteiger partial charge in [-0.15, -0.1) is 0 Å². The Kier molecular flexibility index (Phi) is 5.97. The summed E-state index contributed by atoms with van der Waals surface area (Å²) >= 11 is 0. The Morgan fingerprint density at radius 1 is 1.12 bits per heavy atom. The number of carbonyl (C=O) groups is 1. The molecular weight excluding hydrogens is 362 g/mol. The molecule has 0 saturated carbocycles. The Morgan fingerprint density at radius 3 is 2.27 bits per heavy atom. The summed E-state index contributed by atoms with van der Waals surface area (Å²) < 4.78 is 51.2. The van der Waals surface area contributed by atoms with Crippen LogP contribution < -0.4 is 9.62 Å². The van der Waals surface area contributed by atoms with Crippen molar-refractivity contribution in [3.8, 4) is 0 Å². The second-order valence-corrected chi connectivity index (χ2v) is 7.97. The number of hydrogen-bond donors (Lipinski definition) is 1. The number of rotatable bonds is 6. The van der Waals surface area contributed by atoms with Crippen molar-refractivity contribution in [3.05, 3.63) is 65.2 Å². The molecule has 2 rings (SSSR count). The van der Waals surface area contributed by atoms with E-state index in [1.807, 2.05) is 31.2 Å². The van der Waals surface area contributed by atoms with E-state index in [1.54, 1.807) is 6.92 Å². The largest absolute Gasteiger partial charge is 0.348 e. The molecule has 0 aliphatic rings. The zero-order valence-electron chi connectivity index (χ0n) is 14.7. The minimum Gasteiger partial charge on any atom is -0.348 e. The fourth-order valence-electron chi connectivity index (χ4n) is 2.40. The van der Waals surface area contributed by atoms with Crippen LogP contribution in [-0.4, -0.2) is 27.1 Å². The van der Waals surface area contributed by atoms with Crippen molar-refractivity contribution >= 4 is 21.6 Å². The summed E-state index contributed by atoms with van der Waals surface area (Å²) in [7, 11) is -3.87. The number of aryl methyl sites for hydroxylation is 1. The summed E-state index contributed by atoms with van der Waals surface area (Å²) in [6.45, 7) is 3.17. The zero-order valence-corrected chi connectivity index (χ0v) is 15.5. The van der Waals surface area contributed by atoms with Crippen molar-refractivity contribution in [1.29, 1.82) is 0 Å². The number of anilines is 1. The molecule has 0 heterocycles. The predicted molar refractivity (Wildman–Crippen MR) is 96.3 cm³/mol. The number of halogens is 2. The fourth-order valence-corrected chi connectivity index (χ4v) is 3.24. The lowest BCUT2D eigenvalue weighted by Gasteiger charge is -2.23. The molecule has 0 aliphatic carbocycles. The van der Waals surface area contributed by atoms with E-state index < -0.39 is 34.1 Å². The summed E-state index contributed by atoms with van der Waals surface area (Å²) in [6.07, 6.45) is 0.894. The van der Waals surface area contributed by atoms with Gasteiger partial charge in [-0.1, -0.05) is 29.8 Å². The Bertz CT molecular complexity index is 899. The highest BCUT2D eigenvalue weighted by atomic mass is 32.2. The molecule has 0 bridgehead atoms. The Morgan fingerprint density at radius 2 is 1.73 bits per heavy atom. The molecule has 5 nitrogen and oxygen atoms in total. The molecular formula is C18H20F2N2O3S. The SMILES string of the molecule is Cc1ccc([C@@H](C)NC(=O)CN(c2ccc(F)c(F)c2)S(C)(=O)=O)cc1. The number of nitrogens with one attached hydrogen (secondary N) is 1. The Hall–Kier alpha value is -2.48. The second kappa shape index (κ2) is 7.82. The monoisotopic (exact) mass is 382 g/mol. The van der Waals surface area contributed by atoms with Gasteiger partial charge in [-0.2, -0.15) is 0 Å². The minimum atomic E-state index is -3.87. The van der Waals surface area contributed by atoms with Gasteiger partial charge in [-0.25, -0.2) is 17.2 Å². The summed E-state index contributed by atoms with van der Waals surface area (Å²) in [5.41, 5.74) is 1.82. The van der Waals surface area contributed by atoms with E-state index in [0.717, 1.165) is 39.9 Å². The molecule has 0 spiro atoms. The molecule has 26 heavy (non-hydrogen) atoms. The Balaban J connectivity index is 2.16. The van der Waals surface area contributed by atoms with E-state index in [9.17, 15) is 22.0 Å². The van der Waals surface area contributed by atoms with E-state index in [4.69, 9.17) is 0 Å². The van der Waals surface area contributed by atoms with Gasteiger partial charge in [-0.3, -0.25) is 9.10 Å². The third kappa shape index (κ3) is 5.01. The smallest absolute Gasteiger partial charge is 0.241 e. The molecule has 1 atom stereocenters. The number of hydrogen-bond acceptors (Lipinski definition) is 3. The Labute approximate surface area is 151 Å². The fraction of sp³-hybridized carbons (Fsp3) is 0.278. The topological polar surface area (TPSA) is 66.5 Å². The third-order valence-corrected chi connectivity index (χ3v) is 4.97. The molecule has 0 fully saturated rings. The minimum absolute atomic E-state index is 0.121. The maximum Gasteiger partial charge on any atom is 0.241 e. The first-order valence-electron chi connectivity index (χ1n) is 7.86. The highest BCUT2D eigenvalue weighted by Gasteiger charge is 2.23. The molecule has 0 aliphatic heterocycles. The van der Waals surface area contributed by atoms with Gasteiger partial charge < -0.3 is 5.32 Å². The normalized spacial score (nSPS) is 12.5. The molecule has 2 aromatic rings. The van der Waals surface area contributed by atoms with Crippen molar-refractivity contribution in [2.24, 2.45) is 0 Å². The highest BCUT2D eigenvalue weighted by Crippen LogP contribution is 2.20. The van der Waals surface area contributed by atoms with E-state index in [0.29, 0.717) is 0 Å². The molecule has 0 radical (unpaired) electrons. The molecule has 0 aromatic heterocycles. The van der Waals surface area contributed by atoms with Gasteiger partial charge in [0.25, 0.3) is 0 Å². The number of carbonyl (C=O) groups excluding carboxylic acids is 1. The van der Waals surface area contributed by atoms with Crippen LogP contribution in [0.25, 0.3) is 0 Å². The standard InChI is InChI=1S/C18H20F2N2O3S/c1-12-4-6-14(7-5-12)13(2)21-18(23)11-22(26(3,24)25)15-8-9-16(19)17(20)10-15/h4-10,13H,11H2,1-3H3,(H,21,23)/t13-/m1/s1. The molecule has 1 amide bonds. The van der Waals surface area contributed by atoms with Crippen LogP contribution >= 0.6 is 0 Å². The first kappa shape index (κ1) is 19.8. The molecule has 8 heteroatoms. The molecule has 2 aromatic carbocycles. The highest BCUT2D eigenvalue weighted by molar-refractivity contribution is 7.92. The van der Waals surface area contributed by atoms with Crippen LogP contribution in [0, 0.1) is 18.6 Å². The van der Waals surface area contributed by atoms with Crippen LogP contribution in [0.15, 0.2) is 42.5 Å². The lowest BCUT2D eigenvalue weighted by molar-refractivity contribution is -0.120. The third-order valence-electron chi connectivity index (χ3n) is 3.83. The van der Waals surface area contributed by atoms with Crippen LogP contribution in [0.1, 0.15) is 24.1 Å². The van der Waals surface area contributed by atoms with Crippen molar-refractivity contribution < 1.29 is 22.0 Å². The lowest BCUT2D eigenvalue weighted by atomic mass is 10.1. The van der Waals surface area contributed by atoms with Gasteiger partial charge in [0.05, 0.1) is 18.0 Å². The summed E-state index contributed by atoms with van der Waals surface area (Å²) in [5.74, 6) is -2.85. The molecule has 0 unspecified atom stereocenters. The number of amides is 1. The summed E-state index contributed by atoms with van der Waals surface area (Å²) in [5, 5.41) is 2.70. The van der Waals surface area contributed by atoms with Crippen LogP contribution in [0.4, 0.5) is 14.5 Å². The van der Waals surface area contributed by atoms with Crippen LogP contribution in [0.3, 0.4) is 0 Å². The van der Waals surface area contributed by atoms with Gasteiger partial charge in [0, 0.05) is 6.07 Å². The van der Waals surface area contributed by atoms with E-state index in [-0.39, 0.29) is 11.7 Å². The zero-order chi connectivity index (χ0) is 19.5. The van der Waals surface area contributed by atoms with Crippen molar-refractivity contribution in [2.75, 3.05) is 17.1 Å². The number of benzene rings is 2. The van der Waals surface area contributed by atoms with Gasteiger partial charge in [0.2, 0.25) is 15.9 Å². The molecule has 0 saturated heterocycles. The van der Waals surface area contributed by atoms with Gasteiger partial charge in [0.1, 0.15) is 6.54 Å². The van der Waals surface area contributed by atoms with Crippen LogP contribution in [-0.2, 0) is 14.8 Å². The maximum atomic E-state index is 13.4.